The standard InChI is InChI=1S/C36H69O6Si2.3C4H9.Sn/c1-15-21-38-34-24-32-35(41-36(34,14)19-17-20-37)33(42-44(28(8)9,29(10)11)30(12)13)23-31(40-32)18-16-22-39-43(25(2)3,26(4)5)27(6)7;3*1-3-4-2;/h15,20-21,25-35H,1,16-19,22-24H2,2-14H3;3*1,3-4H2,2H3;/b21-15+;;;;/t31-,32-,33+,34+,35-,36-;;;;/m1..../s1. The summed E-state index contributed by atoms with van der Waals surface area (Å²) in [4.78, 5) is 11.9. The molecule has 0 aromatic heterocycles. The van der Waals surface area contributed by atoms with Crippen LogP contribution in [0.25, 0.3) is 0 Å². The second kappa shape index (κ2) is 25.4. The molecular weight excluding hydrogens is 847 g/mol. The first kappa shape index (κ1) is 53.4. The normalized spacial score (nSPS) is 25.2. The molecule has 2 heterocycles. The van der Waals surface area contributed by atoms with E-state index in [0.717, 1.165) is 38.6 Å². The number of carbonyl (C=O) groups excluding carboxylic acids is 1. The zero-order valence-electron chi connectivity index (χ0n) is 40.6. The van der Waals surface area contributed by atoms with E-state index in [1.54, 1.807) is 0 Å². The second-order valence-corrected chi connectivity index (χ2v) is 45.5. The second-order valence-electron chi connectivity index (χ2n) is 20.7. The Labute approximate surface area is 361 Å². The molecule has 0 saturated carbocycles. The third kappa shape index (κ3) is 14.1. The third-order valence-electron chi connectivity index (χ3n) is 14.8. The maximum atomic E-state index is 11.9. The van der Waals surface area contributed by atoms with Crippen molar-refractivity contribution in [3.8, 4) is 0 Å². The number of hydrogen-bond acceptors (Lipinski definition) is 6. The van der Waals surface area contributed by atoms with Gasteiger partial charge in [-0.25, -0.2) is 0 Å². The van der Waals surface area contributed by atoms with E-state index < -0.39 is 40.6 Å². The van der Waals surface area contributed by atoms with Crippen LogP contribution >= 0.6 is 0 Å². The molecule has 2 aliphatic heterocycles. The van der Waals surface area contributed by atoms with Gasteiger partial charge >= 0.3 is 251 Å². The van der Waals surface area contributed by atoms with E-state index in [2.05, 4.69) is 117 Å². The summed E-state index contributed by atoms with van der Waals surface area (Å²) in [5.74, 6) is 0. The van der Waals surface area contributed by atoms with Crippen molar-refractivity contribution in [3.05, 3.63) is 12.3 Å². The van der Waals surface area contributed by atoms with Crippen molar-refractivity contribution in [2.24, 2.45) is 0 Å². The van der Waals surface area contributed by atoms with Crippen LogP contribution in [0.5, 0.6) is 0 Å². The molecule has 6 atom stereocenters. The Balaban J connectivity index is 2.46. The molecule has 0 amide bonds. The molecule has 0 N–H and O–H groups in total. The number of aldehydes is 1. The molecule has 0 radical (unpaired) electrons. The average molecular weight is 944 g/mol. The van der Waals surface area contributed by atoms with Crippen LogP contribution in [0, 0.1) is 0 Å². The number of unbranched alkanes of at least 4 members (excludes halogenated alkanes) is 3. The monoisotopic (exact) mass is 945 g/mol. The van der Waals surface area contributed by atoms with E-state index in [-0.39, 0.29) is 30.5 Å². The Morgan fingerprint density at radius 1 is 0.737 bits per heavy atom. The van der Waals surface area contributed by atoms with Crippen molar-refractivity contribution in [2.75, 3.05) is 6.61 Å². The van der Waals surface area contributed by atoms with Gasteiger partial charge in [0.1, 0.15) is 0 Å². The fourth-order valence-corrected chi connectivity index (χ4v) is 37.9. The molecule has 336 valence electrons. The number of rotatable bonds is 29. The molecule has 2 rings (SSSR count). The van der Waals surface area contributed by atoms with Gasteiger partial charge in [-0.2, -0.15) is 0 Å². The van der Waals surface area contributed by atoms with E-state index in [1.807, 2.05) is 6.26 Å². The fraction of sp³-hybridized carbons (Fsp3) is 0.938. The van der Waals surface area contributed by atoms with Gasteiger partial charge in [-0.3, -0.25) is 0 Å². The SMILES string of the molecule is CCC[CH2][Sn]([CH2]/C=C/O[C@H]1C[C@H]2O[C@H](CCCO[Si](C(C)C)(C(C)C)C(C)C)C[C@H](O[Si](C(C)C)(C(C)C)C(C)C)[C@@H]2O[C@]1(C)CCC=O)([CH2]CCC)[CH2]CCC. The Bertz CT molecular complexity index is 1080. The summed E-state index contributed by atoms with van der Waals surface area (Å²) in [5.41, 5.74) is 2.54. The molecule has 9 heteroatoms. The van der Waals surface area contributed by atoms with Gasteiger partial charge in [0.2, 0.25) is 0 Å². The predicted molar refractivity (Wildman–Crippen MR) is 252 cm³/mol. The van der Waals surface area contributed by atoms with Gasteiger partial charge in [0.25, 0.3) is 0 Å². The van der Waals surface area contributed by atoms with E-state index in [9.17, 15) is 4.79 Å². The van der Waals surface area contributed by atoms with Crippen LogP contribution in [0.2, 0.25) is 51.0 Å². The quantitative estimate of drug-likeness (QED) is 0.0322. The topological polar surface area (TPSA) is 63.2 Å². The summed E-state index contributed by atoms with van der Waals surface area (Å²) in [6.45, 7) is 38.5. The summed E-state index contributed by atoms with van der Waals surface area (Å²) in [7, 11) is -4.17. The predicted octanol–water partition coefficient (Wildman–Crippen LogP) is 15.0. The van der Waals surface area contributed by atoms with Crippen LogP contribution in [-0.4, -0.2) is 84.0 Å². The van der Waals surface area contributed by atoms with Crippen molar-refractivity contribution >= 4 is 41.3 Å². The van der Waals surface area contributed by atoms with E-state index in [4.69, 9.17) is 23.1 Å². The van der Waals surface area contributed by atoms with Gasteiger partial charge in [-0.15, -0.1) is 0 Å². The van der Waals surface area contributed by atoms with Crippen molar-refractivity contribution in [3.63, 3.8) is 0 Å². The molecule has 0 unspecified atom stereocenters. The Morgan fingerprint density at radius 2 is 1.25 bits per heavy atom. The Kier molecular flexibility index (Phi) is 23.8. The number of carbonyl (C=O) groups is 1. The molecule has 0 bridgehead atoms. The van der Waals surface area contributed by atoms with Crippen LogP contribution in [0.3, 0.4) is 0 Å². The van der Waals surface area contributed by atoms with Crippen molar-refractivity contribution < 1.29 is 27.9 Å². The molecule has 2 fully saturated rings. The summed E-state index contributed by atoms with van der Waals surface area (Å²) in [6, 6.07) is 0. The van der Waals surface area contributed by atoms with Gasteiger partial charge in [0, 0.05) is 0 Å². The van der Waals surface area contributed by atoms with Crippen molar-refractivity contribution in [1.29, 1.82) is 0 Å². The van der Waals surface area contributed by atoms with Gasteiger partial charge in [0.05, 0.1) is 0 Å². The molecule has 2 saturated heterocycles. The first-order valence-electron chi connectivity index (χ1n) is 24.2. The van der Waals surface area contributed by atoms with Crippen LogP contribution in [0.4, 0.5) is 0 Å². The van der Waals surface area contributed by atoms with Gasteiger partial charge < -0.3 is 4.43 Å². The van der Waals surface area contributed by atoms with E-state index in [1.165, 1.54) is 56.3 Å². The summed E-state index contributed by atoms with van der Waals surface area (Å²) in [5, 5.41) is 0. The third-order valence-corrected chi connectivity index (χ3v) is 42.2. The van der Waals surface area contributed by atoms with Crippen LogP contribution in [0.1, 0.15) is 188 Å². The number of ether oxygens (including phenoxy) is 3. The zero-order valence-corrected chi connectivity index (χ0v) is 45.4. The summed E-state index contributed by atoms with van der Waals surface area (Å²) < 4.78 is 41.7. The van der Waals surface area contributed by atoms with Gasteiger partial charge in [-0.1, -0.05) is 83.1 Å². The number of allylic oxidation sites excluding steroid dienone is 1. The van der Waals surface area contributed by atoms with E-state index in [0.29, 0.717) is 46.1 Å². The van der Waals surface area contributed by atoms with Gasteiger partial charge in [0.15, 0.2) is 8.32 Å². The van der Waals surface area contributed by atoms with E-state index >= 15 is 0 Å². The first-order chi connectivity index (χ1) is 26.9. The fourth-order valence-electron chi connectivity index (χ4n) is 11.8. The molecular formula is C48H96O6Si2Sn. The van der Waals surface area contributed by atoms with Crippen LogP contribution in [-0.2, 0) is 27.9 Å². The minimum atomic E-state index is -2.35. The molecule has 0 aromatic rings. The maximum absolute atomic E-state index is 11.9. The van der Waals surface area contributed by atoms with Crippen molar-refractivity contribution in [2.45, 2.75) is 275 Å². The molecule has 0 spiro atoms. The average Bonchev–Trinajstić information content (AvgIpc) is 3.14. The minimum absolute atomic E-state index is 0.0542. The molecule has 6 nitrogen and oxygen atoms in total. The molecule has 0 aromatic carbocycles. The first-order valence-corrected chi connectivity index (χ1v) is 36.6. The number of fused-ring (bicyclic) bond motifs is 1. The van der Waals surface area contributed by atoms with Crippen LogP contribution < -0.4 is 0 Å². The summed E-state index contributed by atoms with van der Waals surface area (Å²) >= 11 is -2.35. The van der Waals surface area contributed by atoms with Crippen molar-refractivity contribution in [1.82, 2.24) is 0 Å². The Hall–Kier alpha value is 0.282. The number of hydrogen-bond donors (Lipinski definition) is 0. The van der Waals surface area contributed by atoms with Gasteiger partial charge in [-0.05, 0) is 16.6 Å². The Morgan fingerprint density at radius 3 is 1.70 bits per heavy atom. The zero-order chi connectivity index (χ0) is 43.0. The molecule has 2 aliphatic rings. The summed E-state index contributed by atoms with van der Waals surface area (Å²) in [6.07, 6.45) is 17.6. The molecule has 0 aliphatic carbocycles. The van der Waals surface area contributed by atoms with Crippen LogP contribution in [0.15, 0.2) is 12.3 Å². The molecule has 57 heavy (non-hydrogen) atoms.